The highest BCUT2D eigenvalue weighted by Gasteiger charge is 2.11. The van der Waals surface area contributed by atoms with E-state index in [2.05, 4.69) is 16.4 Å². The van der Waals surface area contributed by atoms with Crippen molar-refractivity contribution in [2.45, 2.75) is 6.92 Å². The molecule has 0 saturated heterocycles. The molecule has 26 heavy (non-hydrogen) atoms. The average molecular weight is 347 g/mol. The number of fused-ring (bicyclic) bond motifs is 1. The van der Waals surface area contributed by atoms with Gasteiger partial charge in [0.1, 0.15) is 17.6 Å². The second-order valence-electron chi connectivity index (χ2n) is 5.48. The molecule has 0 fully saturated rings. The molecule has 0 bridgehead atoms. The third-order valence-electron chi connectivity index (χ3n) is 3.78. The zero-order chi connectivity index (χ0) is 18.5. The van der Waals surface area contributed by atoms with Crippen molar-refractivity contribution >= 4 is 28.4 Å². The number of benzene rings is 2. The van der Waals surface area contributed by atoms with E-state index >= 15 is 0 Å². The van der Waals surface area contributed by atoms with E-state index in [0.29, 0.717) is 40.5 Å². The lowest BCUT2D eigenvalue weighted by atomic mass is 10.1. The van der Waals surface area contributed by atoms with Crippen molar-refractivity contribution < 1.29 is 14.3 Å². The first-order valence-electron chi connectivity index (χ1n) is 8.07. The minimum Gasteiger partial charge on any atom is -0.497 e. The molecule has 2 aromatic carbocycles. The van der Waals surface area contributed by atoms with Gasteiger partial charge in [0, 0.05) is 17.1 Å². The average Bonchev–Trinajstić information content (AvgIpc) is 2.67. The standard InChI is InChI=1S/C20H17N3O3/c1-3-26-20(24)14-5-4-6-16(10-14)22-19-15(12-21)9-13-7-8-17(25-2)11-18(13)23-19/h4-11H,3H2,1-2H3,(H,22,23). The molecule has 0 aliphatic carbocycles. The summed E-state index contributed by atoms with van der Waals surface area (Å²) in [4.78, 5) is 16.4. The molecular formula is C20H17N3O3. The number of carbonyl (C=O) groups is 1. The number of carbonyl (C=O) groups excluding carboxylic acids is 1. The summed E-state index contributed by atoms with van der Waals surface area (Å²) in [6.07, 6.45) is 0. The van der Waals surface area contributed by atoms with Gasteiger partial charge in [0.15, 0.2) is 0 Å². The Hall–Kier alpha value is -3.59. The molecule has 0 saturated carbocycles. The Bertz CT molecular complexity index is 1010. The Kier molecular flexibility index (Phi) is 4.99. The maximum absolute atomic E-state index is 11.9. The smallest absolute Gasteiger partial charge is 0.338 e. The molecule has 0 unspecified atom stereocenters. The van der Waals surface area contributed by atoms with Crippen LogP contribution in [0.15, 0.2) is 48.5 Å². The molecule has 0 atom stereocenters. The highest BCUT2D eigenvalue weighted by Crippen LogP contribution is 2.26. The first-order chi connectivity index (χ1) is 12.6. The van der Waals surface area contributed by atoms with Crippen LogP contribution in [0.1, 0.15) is 22.8 Å². The van der Waals surface area contributed by atoms with Gasteiger partial charge in [0.25, 0.3) is 0 Å². The van der Waals surface area contributed by atoms with Crippen molar-refractivity contribution in [1.82, 2.24) is 4.98 Å². The van der Waals surface area contributed by atoms with Crippen LogP contribution in [0.4, 0.5) is 11.5 Å². The van der Waals surface area contributed by atoms with Crippen LogP contribution >= 0.6 is 0 Å². The molecule has 6 nitrogen and oxygen atoms in total. The van der Waals surface area contributed by atoms with Gasteiger partial charge in [-0.25, -0.2) is 9.78 Å². The summed E-state index contributed by atoms with van der Waals surface area (Å²) >= 11 is 0. The number of pyridine rings is 1. The maximum atomic E-state index is 11.9. The number of aromatic nitrogens is 1. The summed E-state index contributed by atoms with van der Waals surface area (Å²) in [6.45, 7) is 2.07. The van der Waals surface area contributed by atoms with Gasteiger partial charge in [-0.1, -0.05) is 6.07 Å². The second-order valence-corrected chi connectivity index (χ2v) is 5.48. The molecule has 1 aromatic heterocycles. The minimum absolute atomic E-state index is 0.309. The summed E-state index contributed by atoms with van der Waals surface area (Å²) in [5.74, 6) is 0.701. The molecule has 0 aliphatic rings. The zero-order valence-corrected chi connectivity index (χ0v) is 14.4. The highest BCUT2D eigenvalue weighted by atomic mass is 16.5. The molecule has 3 rings (SSSR count). The first kappa shape index (κ1) is 17.2. The van der Waals surface area contributed by atoms with Crippen LogP contribution in [0.5, 0.6) is 5.75 Å². The monoisotopic (exact) mass is 347 g/mol. The van der Waals surface area contributed by atoms with E-state index in [1.54, 1.807) is 50.4 Å². The molecule has 3 aromatic rings. The number of nitrogens with zero attached hydrogens (tertiary/aromatic N) is 2. The lowest BCUT2D eigenvalue weighted by Gasteiger charge is -2.11. The van der Waals surface area contributed by atoms with Crippen molar-refractivity contribution in [2.24, 2.45) is 0 Å². The van der Waals surface area contributed by atoms with Gasteiger partial charge in [0.05, 0.1) is 30.4 Å². The van der Waals surface area contributed by atoms with Crippen molar-refractivity contribution in [1.29, 1.82) is 5.26 Å². The number of rotatable bonds is 5. The fourth-order valence-electron chi connectivity index (χ4n) is 2.53. The van der Waals surface area contributed by atoms with Crippen molar-refractivity contribution in [3.8, 4) is 11.8 Å². The van der Waals surface area contributed by atoms with Crippen LogP contribution in [0.25, 0.3) is 10.9 Å². The SMILES string of the molecule is CCOC(=O)c1cccc(Nc2nc3cc(OC)ccc3cc2C#N)c1. The number of hydrogen-bond donors (Lipinski definition) is 1. The number of methoxy groups -OCH3 is 1. The van der Waals surface area contributed by atoms with E-state index in [1.165, 1.54) is 0 Å². The summed E-state index contributed by atoms with van der Waals surface area (Å²) < 4.78 is 10.2. The van der Waals surface area contributed by atoms with E-state index < -0.39 is 5.97 Å². The molecule has 130 valence electrons. The Morgan fingerprint density at radius 3 is 2.81 bits per heavy atom. The lowest BCUT2D eigenvalue weighted by molar-refractivity contribution is 0.0526. The Labute approximate surface area is 151 Å². The largest absolute Gasteiger partial charge is 0.497 e. The number of hydrogen-bond acceptors (Lipinski definition) is 6. The fraction of sp³-hybridized carbons (Fsp3) is 0.150. The van der Waals surface area contributed by atoms with Crippen LogP contribution in [-0.4, -0.2) is 24.7 Å². The maximum Gasteiger partial charge on any atom is 0.338 e. The third-order valence-corrected chi connectivity index (χ3v) is 3.78. The van der Waals surface area contributed by atoms with Gasteiger partial charge < -0.3 is 14.8 Å². The fourth-order valence-corrected chi connectivity index (χ4v) is 2.53. The lowest BCUT2D eigenvalue weighted by Crippen LogP contribution is -2.05. The molecule has 1 heterocycles. The number of ether oxygens (including phenoxy) is 2. The third kappa shape index (κ3) is 3.57. The minimum atomic E-state index is -0.395. The van der Waals surface area contributed by atoms with Gasteiger partial charge in [-0.2, -0.15) is 5.26 Å². The van der Waals surface area contributed by atoms with E-state index in [4.69, 9.17) is 9.47 Å². The van der Waals surface area contributed by atoms with Gasteiger partial charge in [-0.3, -0.25) is 0 Å². The number of nitrogens with one attached hydrogen (secondary N) is 1. The van der Waals surface area contributed by atoms with Crippen molar-refractivity contribution in [3.63, 3.8) is 0 Å². The van der Waals surface area contributed by atoms with Crippen LogP contribution in [-0.2, 0) is 4.74 Å². The van der Waals surface area contributed by atoms with Crippen LogP contribution in [0.3, 0.4) is 0 Å². The number of anilines is 2. The predicted octanol–water partition coefficient (Wildman–Crippen LogP) is 4.04. The van der Waals surface area contributed by atoms with Crippen LogP contribution < -0.4 is 10.1 Å². The van der Waals surface area contributed by atoms with Crippen LogP contribution in [0, 0.1) is 11.3 Å². The quantitative estimate of drug-likeness (QED) is 0.701. The van der Waals surface area contributed by atoms with Gasteiger partial charge in [-0.05, 0) is 43.3 Å². The molecule has 0 amide bonds. The molecular weight excluding hydrogens is 330 g/mol. The number of nitriles is 1. The summed E-state index contributed by atoms with van der Waals surface area (Å²) in [6, 6.07) is 16.3. The molecule has 1 N–H and O–H groups in total. The molecule has 0 spiro atoms. The van der Waals surface area contributed by atoms with E-state index in [9.17, 15) is 10.1 Å². The van der Waals surface area contributed by atoms with E-state index in [0.717, 1.165) is 5.39 Å². The number of esters is 1. The van der Waals surface area contributed by atoms with Crippen molar-refractivity contribution in [2.75, 3.05) is 19.0 Å². The molecule has 0 aliphatic heterocycles. The second kappa shape index (κ2) is 7.53. The Balaban J connectivity index is 1.98. The summed E-state index contributed by atoms with van der Waals surface area (Å²) in [5.41, 5.74) is 2.18. The summed E-state index contributed by atoms with van der Waals surface area (Å²) in [5, 5.41) is 13.4. The predicted molar refractivity (Wildman–Crippen MR) is 98.7 cm³/mol. The van der Waals surface area contributed by atoms with Crippen molar-refractivity contribution in [3.05, 3.63) is 59.7 Å². The zero-order valence-electron chi connectivity index (χ0n) is 14.4. The Morgan fingerprint density at radius 1 is 1.23 bits per heavy atom. The first-order valence-corrected chi connectivity index (χ1v) is 8.07. The molecule has 0 radical (unpaired) electrons. The molecule has 6 heteroatoms. The van der Waals surface area contributed by atoms with E-state index in [1.807, 2.05) is 12.1 Å². The van der Waals surface area contributed by atoms with Crippen LogP contribution in [0.2, 0.25) is 0 Å². The van der Waals surface area contributed by atoms with Gasteiger partial charge in [0.2, 0.25) is 0 Å². The normalized spacial score (nSPS) is 10.2. The summed E-state index contributed by atoms with van der Waals surface area (Å²) in [7, 11) is 1.59. The Morgan fingerprint density at radius 2 is 2.08 bits per heavy atom. The van der Waals surface area contributed by atoms with Gasteiger partial charge >= 0.3 is 5.97 Å². The van der Waals surface area contributed by atoms with E-state index in [-0.39, 0.29) is 0 Å². The topological polar surface area (TPSA) is 84.2 Å². The highest BCUT2D eigenvalue weighted by molar-refractivity contribution is 5.91. The van der Waals surface area contributed by atoms with Gasteiger partial charge in [-0.15, -0.1) is 0 Å².